The van der Waals surface area contributed by atoms with Gasteiger partial charge in [-0.3, -0.25) is 9.78 Å². The van der Waals surface area contributed by atoms with Crippen molar-refractivity contribution in [2.45, 2.75) is 13.3 Å². The molecule has 4 heteroatoms. The molecule has 0 N–H and O–H groups in total. The number of benzene rings is 1. The lowest BCUT2D eigenvalue weighted by atomic mass is 10.1. The Hall–Kier alpha value is -1.48. The minimum Gasteiger partial charge on any atom is -0.300 e. The van der Waals surface area contributed by atoms with Gasteiger partial charge in [0.05, 0.1) is 17.2 Å². The monoisotopic (exact) mass is 220 g/mol. The van der Waals surface area contributed by atoms with Gasteiger partial charge in [-0.15, -0.1) is 0 Å². The van der Waals surface area contributed by atoms with Crippen molar-refractivity contribution in [2.24, 2.45) is 0 Å². The van der Waals surface area contributed by atoms with E-state index < -0.39 is 0 Å². The molecule has 2 rings (SSSR count). The second-order valence-corrected chi connectivity index (χ2v) is 3.78. The van der Waals surface area contributed by atoms with E-state index in [9.17, 15) is 4.79 Å². The number of fused-ring (bicyclic) bond motifs is 1. The summed E-state index contributed by atoms with van der Waals surface area (Å²) in [5.74, 6) is 0.129. The van der Waals surface area contributed by atoms with Crippen LogP contribution in [-0.4, -0.2) is 15.8 Å². The summed E-state index contributed by atoms with van der Waals surface area (Å²) >= 11 is 5.74. The zero-order valence-corrected chi connectivity index (χ0v) is 8.95. The number of carbonyl (C=O) groups excluding carboxylic acids is 1. The van der Waals surface area contributed by atoms with Gasteiger partial charge in [-0.05, 0) is 24.6 Å². The number of carbonyl (C=O) groups is 1. The Morgan fingerprint density at radius 2 is 2.20 bits per heavy atom. The molecule has 0 spiro atoms. The van der Waals surface area contributed by atoms with Crippen LogP contribution in [0.4, 0.5) is 0 Å². The maximum absolute atomic E-state index is 11.0. The molecule has 0 aliphatic carbocycles. The third kappa shape index (κ3) is 2.30. The summed E-state index contributed by atoms with van der Waals surface area (Å²) in [7, 11) is 0. The van der Waals surface area contributed by atoms with E-state index in [2.05, 4.69) is 9.97 Å². The number of rotatable bonds is 2. The van der Waals surface area contributed by atoms with Gasteiger partial charge in [0.2, 0.25) is 0 Å². The van der Waals surface area contributed by atoms with Crippen LogP contribution in [0.5, 0.6) is 0 Å². The van der Waals surface area contributed by atoms with Gasteiger partial charge in [0.1, 0.15) is 10.9 Å². The van der Waals surface area contributed by atoms with Gasteiger partial charge >= 0.3 is 0 Å². The summed E-state index contributed by atoms with van der Waals surface area (Å²) in [5.41, 5.74) is 2.44. The highest BCUT2D eigenvalue weighted by atomic mass is 35.5. The van der Waals surface area contributed by atoms with Crippen molar-refractivity contribution >= 4 is 28.4 Å². The molecule has 15 heavy (non-hydrogen) atoms. The third-order valence-electron chi connectivity index (χ3n) is 2.03. The summed E-state index contributed by atoms with van der Waals surface area (Å²) in [6.45, 7) is 1.56. The van der Waals surface area contributed by atoms with Gasteiger partial charge in [-0.1, -0.05) is 17.7 Å². The Labute approximate surface area is 92.1 Å². The van der Waals surface area contributed by atoms with Crippen molar-refractivity contribution in [3.63, 3.8) is 0 Å². The zero-order valence-electron chi connectivity index (χ0n) is 8.20. The predicted octanol–water partition coefficient (Wildman–Crippen LogP) is 2.41. The molecule has 0 saturated heterocycles. The normalized spacial score (nSPS) is 10.5. The average Bonchev–Trinajstić information content (AvgIpc) is 2.16. The number of hydrogen-bond acceptors (Lipinski definition) is 3. The van der Waals surface area contributed by atoms with E-state index in [0.29, 0.717) is 11.6 Å². The second kappa shape index (κ2) is 3.95. The summed E-state index contributed by atoms with van der Waals surface area (Å²) in [4.78, 5) is 19.2. The Morgan fingerprint density at radius 3 is 2.93 bits per heavy atom. The molecule has 0 saturated carbocycles. The Morgan fingerprint density at radius 1 is 1.40 bits per heavy atom. The summed E-state index contributed by atoms with van der Waals surface area (Å²) in [6.07, 6.45) is 1.93. The highest BCUT2D eigenvalue weighted by Crippen LogP contribution is 2.14. The van der Waals surface area contributed by atoms with Crippen molar-refractivity contribution in [3.8, 4) is 0 Å². The van der Waals surface area contributed by atoms with E-state index in [1.165, 1.54) is 6.20 Å². The zero-order chi connectivity index (χ0) is 10.8. The van der Waals surface area contributed by atoms with Gasteiger partial charge in [0.15, 0.2) is 0 Å². The smallest absolute Gasteiger partial charge is 0.148 e. The lowest BCUT2D eigenvalue weighted by Gasteiger charge is -2.00. The molecule has 1 aromatic heterocycles. The number of aromatic nitrogens is 2. The molecule has 0 unspecified atom stereocenters. The first-order valence-electron chi connectivity index (χ1n) is 4.56. The van der Waals surface area contributed by atoms with Gasteiger partial charge in [0.25, 0.3) is 0 Å². The molecule has 0 atom stereocenters. The number of nitrogens with zero attached hydrogens (tertiary/aromatic N) is 2. The van der Waals surface area contributed by atoms with Crippen LogP contribution in [-0.2, 0) is 11.2 Å². The lowest BCUT2D eigenvalue weighted by molar-refractivity contribution is -0.116. The molecule has 2 aromatic rings. The van der Waals surface area contributed by atoms with E-state index >= 15 is 0 Å². The minimum absolute atomic E-state index is 0.129. The van der Waals surface area contributed by atoms with Crippen molar-refractivity contribution in [1.29, 1.82) is 0 Å². The molecule has 1 aromatic carbocycles. The largest absolute Gasteiger partial charge is 0.300 e. The first kappa shape index (κ1) is 10.1. The number of Topliss-reactive ketones (excluding diaryl/α,β-unsaturated/α-hetero) is 1. The molecular weight excluding hydrogens is 212 g/mol. The SMILES string of the molecule is CC(=O)Cc1ccc2ncc(Cl)nc2c1. The van der Waals surface area contributed by atoms with Crippen molar-refractivity contribution < 1.29 is 4.79 Å². The van der Waals surface area contributed by atoms with Crippen LogP contribution < -0.4 is 0 Å². The minimum atomic E-state index is 0.129. The van der Waals surface area contributed by atoms with E-state index in [-0.39, 0.29) is 5.78 Å². The highest BCUT2D eigenvalue weighted by Gasteiger charge is 2.02. The lowest BCUT2D eigenvalue weighted by Crippen LogP contribution is -1.96. The fraction of sp³-hybridized carbons (Fsp3) is 0.182. The molecule has 1 heterocycles. The molecule has 0 bridgehead atoms. The average molecular weight is 221 g/mol. The van der Waals surface area contributed by atoms with Crippen LogP contribution in [0.2, 0.25) is 5.15 Å². The van der Waals surface area contributed by atoms with Crippen LogP contribution >= 0.6 is 11.6 Å². The van der Waals surface area contributed by atoms with Gasteiger partial charge in [0, 0.05) is 6.42 Å². The molecule has 0 fully saturated rings. The van der Waals surface area contributed by atoms with Gasteiger partial charge < -0.3 is 0 Å². The van der Waals surface area contributed by atoms with E-state index in [4.69, 9.17) is 11.6 Å². The van der Waals surface area contributed by atoms with E-state index in [1.54, 1.807) is 6.92 Å². The molecule has 0 aliphatic heterocycles. The van der Waals surface area contributed by atoms with Crippen LogP contribution in [0.3, 0.4) is 0 Å². The van der Waals surface area contributed by atoms with Crippen molar-refractivity contribution in [2.75, 3.05) is 0 Å². The first-order valence-corrected chi connectivity index (χ1v) is 4.93. The summed E-state index contributed by atoms with van der Waals surface area (Å²) < 4.78 is 0. The molecule has 0 aliphatic rings. The van der Waals surface area contributed by atoms with Crippen LogP contribution in [0.1, 0.15) is 12.5 Å². The Kier molecular flexibility index (Phi) is 2.64. The molecule has 0 radical (unpaired) electrons. The maximum atomic E-state index is 11.0. The Balaban J connectivity index is 2.49. The van der Waals surface area contributed by atoms with E-state index in [1.807, 2.05) is 18.2 Å². The summed E-state index contributed by atoms with van der Waals surface area (Å²) in [5, 5.41) is 0.363. The fourth-order valence-corrected chi connectivity index (χ4v) is 1.57. The summed E-state index contributed by atoms with van der Waals surface area (Å²) in [6, 6.07) is 5.57. The number of hydrogen-bond donors (Lipinski definition) is 0. The molecule has 76 valence electrons. The van der Waals surface area contributed by atoms with Crippen molar-refractivity contribution in [1.82, 2.24) is 9.97 Å². The van der Waals surface area contributed by atoms with Crippen LogP contribution in [0, 0.1) is 0 Å². The topological polar surface area (TPSA) is 42.9 Å². The first-order chi connectivity index (χ1) is 7.15. The van der Waals surface area contributed by atoms with Crippen LogP contribution in [0.25, 0.3) is 11.0 Å². The molecular formula is C11H9ClN2O. The maximum Gasteiger partial charge on any atom is 0.148 e. The molecule has 3 nitrogen and oxygen atoms in total. The molecule has 0 amide bonds. The highest BCUT2D eigenvalue weighted by molar-refractivity contribution is 6.29. The number of ketones is 1. The van der Waals surface area contributed by atoms with Gasteiger partial charge in [-0.25, -0.2) is 4.98 Å². The number of halogens is 1. The second-order valence-electron chi connectivity index (χ2n) is 3.39. The van der Waals surface area contributed by atoms with E-state index in [0.717, 1.165) is 16.6 Å². The van der Waals surface area contributed by atoms with Crippen molar-refractivity contribution in [3.05, 3.63) is 35.1 Å². The fourth-order valence-electron chi connectivity index (χ4n) is 1.43. The predicted molar refractivity (Wildman–Crippen MR) is 58.9 cm³/mol. The quantitative estimate of drug-likeness (QED) is 0.781. The van der Waals surface area contributed by atoms with Crippen LogP contribution in [0.15, 0.2) is 24.4 Å². The van der Waals surface area contributed by atoms with Gasteiger partial charge in [-0.2, -0.15) is 0 Å². The third-order valence-corrected chi connectivity index (χ3v) is 2.21. The standard InChI is InChI=1S/C11H9ClN2O/c1-7(15)4-8-2-3-9-10(5-8)14-11(12)6-13-9/h2-3,5-6H,4H2,1H3. The Bertz CT molecular complexity index is 525.